The zero-order valence-electron chi connectivity index (χ0n) is 22.5. The lowest BCUT2D eigenvalue weighted by atomic mass is 10.1. The van der Waals surface area contributed by atoms with Crippen LogP contribution in [0.3, 0.4) is 0 Å². The summed E-state index contributed by atoms with van der Waals surface area (Å²) in [5, 5.41) is 18.7. The molecule has 0 aliphatic heterocycles. The molecule has 1 amide bonds. The van der Waals surface area contributed by atoms with Gasteiger partial charge >= 0.3 is 6.09 Å². The Balaban J connectivity index is 1.76. The van der Waals surface area contributed by atoms with E-state index in [1.54, 1.807) is 39.0 Å². The molecule has 4 rings (SSSR count). The molecular formula is C26H33N5O7. The van der Waals surface area contributed by atoms with E-state index in [0.29, 0.717) is 35.3 Å². The Labute approximate surface area is 220 Å². The SMILES string of the molecule is COc1cccc(OC)c1-n1c(CCC2CC2)nc(O)c(-c2nnc(CN(C)C(=O)OC(C)(C)C)o2)c1=O. The van der Waals surface area contributed by atoms with E-state index in [-0.39, 0.29) is 23.9 Å². The molecule has 1 saturated carbocycles. The molecule has 0 spiro atoms. The summed E-state index contributed by atoms with van der Waals surface area (Å²) in [6.07, 6.45) is 2.98. The van der Waals surface area contributed by atoms with Crippen molar-refractivity contribution in [3.05, 3.63) is 40.3 Å². The number of nitrogens with zero attached hydrogens (tertiary/aromatic N) is 5. The second-order valence-electron chi connectivity index (χ2n) is 10.2. The van der Waals surface area contributed by atoms with E-state index in [1.165, 1.54) is 30.7 Å². The smallest absolute Gasteiger partial charge is 0.410 e. The van der Waals surface area contributed by atoms with E-state index in [4.69, 9.17) is 18.6 Å². The third-order valence-corrected chi connectivity index (χ3v) is 5.99. The number of methoxy groups -OCH3 is 2. The topological polar surface area (TPSA) is 142 Å². The predicted molar refractivity (Wildman–Crippen MR) is 137 cm³/mol. The Kier molecular flexibility index (Phi) is 7.61. The van der Waals surface area contributed by atoms with Gasteiger partial charge in [0.25, 0.3) is 11.4 Å². The maximum Gasteiger partial charge on any atom is 0.410 e. The highest BCUT2D eigenvalue weighted by molar-refractivity contribution is 5.67. The van der Waals surface area contributed by atoms with E-state index < -0.39 is 23.1 Å². The zero-order valence-corrected chi connectivity index (χ0v) is 22.5. The van der Waals surface area contributed by atoms with Crippen molar-refractivity contribution < 1.29 is 28.5 Å². The number of aryl methyl sites for hydroxylation is 1. The molecule has 0 radical (unpaired) electrons. The fourth-order valence-electron chi connectivity index (χ4n) is 3.96. The van der Waals surface area contributed by atoms with Gasteiger partial charge in [-0.2, -0.15) is 4.98 Å². The van der Waals surface area contributed by atoms with Crippen LogP contribution in [0.15, 0.2) is 27.4 Å². The first-order chi connectivity index (χ1) is 18.0. The van der Waals surface area contributed by atoms with Crippen LogP contribution in [-0.2, 0) is 17.7 Å². The third kappa shape index (κ3) is 5.90. The number of carbonyl (C=O) groups excluding carboxylic acids is 1. The summed E-state index contributed by atoms with van der Waals surface area (Å²) in [6.45, 7) is 5.21. The lowest BCUT2D eigenvalue weighted by Gasteiger charge is -2.23. The summed E-state index contributed by atoms with van der Waals surface area (Å²) < 4.78 is 23.5. The van der Waals surface area contributed by atoms with Gasteiger partial charge in [-0.15, -0.1) is 10.2 Å². The van der Waals surface area contributed by atoms with Gasteiger partial charge in [-0.1, -0.05) is 18.9 Å². The van der Waals surface area contributed by atoms with E-state index >= 15 is 0 Å². The van der Waals surface area contributed by atoms with E-state index in [2.05, 4.69) is 15.2 Å². The van der Waals surface area contributed by atoms with Crippen molar-refractivity contribution in [2.75, 3.05) is 21.3 Å². The number of hydrogen-bond acceptors (Lipinski definition) is 10. The molecule has 204 valence electrons. The number of benzene rings is 1. The van der Waals surface area contributed by atoms with Gasteiger partial charge in [0, 0.05) is 13.5 Å². The minimum absolute atomic E-state index is 0.0476. The molecule has 12 heteroatoms. The Hall–Kier alpha value is -4.09. The Bertz CT molecular complexity index is 1350. The third-order valence-electron chi connectivity index (χ3n) is 5.99. The van der Waals surface area contributed by atoms with Crippen LogP contribution in [0, 0.1) is 5.92 Å². The predicted octanol–water partition coefficient (Wildman–Crippen LogP) is 3.71. The molecule has 2 heterocycles. The molecule has 1 aliphatic carbocycles. The Morgan fingerprint density at radius 1 is 1.18 bits per heavy atom. The van der Waals surface area contributed by atoms with Crippen molar-refractivity contribution in [2.45, 2.75) is 58.6 Å². The zero-order chi connectivity index (χ0) is 27.6. The first-order valence-corrected chi connectivity index (χ1v) is 12.4. The van der Waals surface area contributed by atoms with Gasteiger partial charge in [0.2, 0.25) is 11.8 Å². The Morgan fingerprint density at radius 2 is 1.84 bits per heavy atom. The van der Waals surface area contributed by atoms with Crippen LogP contribution in [0.5, 0.6) is 17.4 Å². The number of ether oxygens (including phenoxy) is 3. The molecule has 0 atom stereocenters. The highest BCUT2D eigenvalue weighted by Gasteiger charge is 2.29. The van der Waals surface area contributed by atoms with Crippen LogP contribution in [0.1, 0.15) is 51.7 Å². The number of aromatic nitrogens is 4. The van der Waals surface area contributed by atoms with E-state index in [9.17, 15) is 14.7 Å². The summed E-state index contributed by atoms with van der Waals surface area (Å²) >= 11 is 0. The standard InChI is InChI=1S/C26H33N5O7/c1-26(2,3)38-25(34)30(4)14-19-28-29-23(37-19)20-22(32)27-18(13-12-15-10-11-15)31(24(20)33)21-16(35-5)8-7-9-17(21)36-6/h7-9,15,32H,10-14H2,1-6H3. The normalized spacial score (nSPS) is 13.3. The number of para-hydroxylation sites is 1. The first-order valence-electron chi connectivity index (χ1n) is 12.4. The molecule has 0 unspecified atom stereocenters. The summed E-state index contributed by atoms with van der Waals surface area (Å²) in [7, 11) is 4.51. The van der Waals surface area contributed by atoms with Crippen LogP contribution < -0.4 is 15.0 Å². The summed E-state index contributed by atoms with van der Waals surface area (Å²) in [5.41, 5.74) is -1.21. The van der Waals surface area contributed by atoms with Crippen molar-refractivity contribution >= 4 is 6.09 Å². The molecule has 1 N–H and O–H groups in total. The first kappa shape index (κ1) is 27.0. The molecule has 12 nitrogen and oxygen atoms in total. The van der Waals surface area contributed by atoms with E-state index in [1.807, 2.05) is 0 Å². The minimum atomic E-state index is -0.672. The van der Waals surface area contributed by atoms with Crippen molar-refractivity contribution in [1.82, 2.24) is 24.6 Å². The number of rotatable bonds is 9. The number of hydrogen-bond donors (Lipinski definition) is 1. The summed E-state index contributed by atoms with van der Waals surface area (Å²) in [4.78, 5) is 31.9. The van der Waals surface area contributed by atoms with Gasteiger partial charge in [-0.05, 0) is 45.2 Å². The molecule has 2 aromatic heterocycles. The van der Waals surface area contributed by atoms with Crippen molar-refractivity contribution in [2.24, 2.45) is 5.92 Å². The molecule has 1 fully saturated rings. The average molecular weight is 528 g/mol. The largest absolute Gasteiger partial charge is 0.494 e. The van der Waals surface area contributed by atoms with Crippen LogP contribution in [0.2, 0.25) is 0 Å². The van der Waals surface area contributed by atoms with Gasteiger partial charge in [-0.3, -0.25) is 9.36 Å². The Morgan fingerprint density at radius 3 is 2.42 bits per heavy atom. The number of aromatic hydroxyl groups is 1. The van der Waals surface area contributed by atoms with Crippen LogP contribution >= 0.6 is 0 Å². The van der Waals surface area contributed by atoms with Gasteiger partial charge < -0.3 is 28.6 Å². The molecule has 0 bridgehead atoms. The number of amides is 1. The van der Waals surface area contributed by atoms with Crippen LogP contribution in [0.4, 0.5) is 4.79 Å². The minimum Gasteiger partial charge on any atom is -0.494 e. The fourth-order valence-corrected chi connectivity index (χ4v) is 3.96. The van der Waals surface area contributed by atoms with Crippen LogP contribution in [0.25, 0.3) is 17.1 Å². The van der Waals surface area contributed by atoms with Gasteiger partial charge in [-0.25, -0.2) is 4.79 Å². The molecule has 3 aromatic rings. The highest BCUT2D eigenvalue weighted by Crippen LogP contribution is 2.36. The van der Waals surface area contributed by atoms with Gasteiger partial charge in [0.15, 0.2) is 5.56 Å². The lowest BCUT2D eigenvalue weighted by Crippen LogP contribution is -2.33. The maximum atomic E-state index is 13.9. The van der Waals surface area contributed by atoms with Crippen LogP contribution in [-0.4, -0.2) is 62.7 Å². The number of carbonyl (C=O) groups is 1. The van der Waals surface area contributed by atoms with Crippen molar-refractivity contribution in [1.29, 1.82) is 0 Å². The van der Waals surface area contributed by atoms with Gasteiger partial charge in [0.1, 0.15) is 35.2 Å². The fraction of sp³-hybridized carbons (Fsp3) is 0.500. The molecule has 1 aromatic carbocycles. The molecule has 38 heavy (non-hydrogen) atoms. The average Bonchev–Trinajstić information content (AvgIpc) is 3.58. The summed E-state index contributed by atoms with van der Waals surface area (Å²) in [5.74, 6) is 1.00. The highest BCUT2D eigenvalue weighted by atomic mass is 16.6. The molecule has 0 saturated heterocycles. The van der Waals surface area contributed by atoms with Crippen molar-refractivity contribution in [3.63, 3.8) is 0 Å². The maximum absolute atomic E-state index is 13.9. The molecular weight excluding hydrogens is 494 g/mol. The molecule has 1 aliphatic rings. The second kappa shape index (κ2) is 10.7. The quantitative estimate of drug-likeness (QED) is 0.437. The second-order valence-corrected chi connectivity index (χ2v) is 10.2. The van der Waals surface area contributed by atoms with Gasteiger partial charge in [0.05, 0.1) is 14.2 Å². The van der Waals surface area contributed by atoms with Crippen molar-refractivity contribution in [3.8, 4) is 34.5 Å². The summed E-state index contributed by atoms with van der Waals surface area (Å²) in [6, 6.07) is 5.16. The monoisotopic (exact) mass is 527 g/mol. The van der Waals surface area contributed by atoms with E-state index in [0.717, 1.165) is 19.3 Å². The lowest BCUT2D eigenvalue weighted by molar-refractivity contribution is 0.0271.